The Hall–Kier alpha value is -4.41. The number of benzene rings is 3. The van der Waals surface area contributed by atoms with Gasteiger partial charge in [-0.3, -0.25) is 9.83 Å². The van der Waals surface area contributed by atoms with Crippen LogP contribution in [-0.2, 0) is 19.1 Å². The zero-order valence-electron chi connectivity index (χ0n) is 24.1. The molecular weight excluding hydrogens is 536 g/mol. The molecule has 0 aliphatic heterocycles. The molecule has 1 aliphatic rings. The van der Waals surface area contributed by atoms with Crippen molar-refractivity contribution >= 4 is 17.9 Å². The van der Waals surface area contributed by atoms with E-state index in [1.54, 1.807) is 24.3 Å². The van der Waals surface area contributed by atoms with E-state index in [2.05, 4.69) is 10.3 Å². The number of nitrogens with one attached hydrogen (secondary N) is 1. The minimum Gasteiger partial charge on any atom is -0.490 e. The van der Waals surface area contributed by atoms with Crippen molar-refractivity contribution in [1.29, 1.82) is 0 Å². The number of aliphatic imine (C=N–C) groups is 1. The van der Waals surface area contributed by atoms with Crippen molar-refractivity contribution in [3.63, 3.8) is 0 Å². The van der Waals surface area contributed by atoms with Gasteiger partial charge in [-0.1, -0.05) is 60.7 Å². The molecule has 0 bridgehead atoms. The SMILES string of the molecule is CC(C)(C)OC(=O)NC1CC(N=C(N)c2ccc(OC[C@H](ON)C(=O)OC(c3ccccc3)c3ccccc3)cc2)C1. The smallest absolute Gasteiger partial charge is 0.407 e. The summed E-state index contributed by atoms with van der Waals surface area (Å²) in [4.78, 5) is 34.4. The number of nitrogens with two attached hydrogens (primary N) is 2. The van der Waals surface area contributed by atoms with Crippen LogP contribution in [0, 0.1) is 0 Å². The van der Waals surface area contributed by atoms with Gasteiger partial charge in [0.1, 0.15) is 23.8 Å². The summed E-state index contributed by atoms with van der Waals surface area (Å²) in [6.07, 6.45) is -0.827. The average molecular weight is 575 g/mol. The van der Waals surface area contributed by atoms with Crippen molar-refractivity contribution in [2.45, 2.75) is 63.5 Å². The average Bonchev–Trinajstić information content (AvgIpc) is 2.95. The van der Waals surface area contributed by atoms with E-state index in [1.807, 2.05) is 81.4 Å². The molecule has 0 radical (unpaired) electrons. The van der Waals surface area contributed by atoms with Crippen molar-refractivity contribution < 1.29 is 28.6 Å². The van der Waals surface area contributed by atoms with Crippen LogP contribution < -0.4 is 21.7 Å². The second kappa shape index (κ2) is 14.0. The molecule has 222 valence electrons. The Labute approximate surface area is 246 Å². The zero-order valence-corrected chi connectivity index (χ0v) is 24.1. The molecule has 0 aromatic heterocycles. The van der Waals surface area contributed by atoms with E-state index in [0.29, 0.717) is 24.4 Å². The Balaban J connectivity index is 1.28. The highest BCUT2D eigenvalue weighted by atomic mass is 16.7. The molecule has 0 spiro atoms. The third-order valence-electron chi connectivity index (χ3n) is 6.57. The van der Waals surface area contributed by atoms with Crippen LogP contribution in [-0.4, -0.2) is 48.3 Å². The summed E-state index contributed by atoms with van der Waals surface area (Å²) in [6, 6.07) is 25.9. The molecule has 1 fully saturated rings. The van der Waals surface area contributed by atoms with E-state index >= 15 is 0 Å². The normalized spacial score (nSPS) is 17.6. The Morgan fingerprint density at radius 3 is 2.02 bits per heavy atom. The molecule has 42 heavy (non-hydrogen) atoms. The maximum absolute atomic E-state index is 13.0. The van der Waals surface area contributed by atoms with Crippen LogP contribution in [0.15, 0.2) is 89.9 Å². The Bertz CT molecular complexity index is 1300. The summed E-state index contributed by atoms with van der Waals surface area (Å²) in [5, 5.41) is 2.85. The van der Waals surface area contributed by atoms with E-state index in [-0.39, 0.29) is 18.7 Å². The molecule has 0 saturated heterocycles. The largest absolute Gasteiger partial charge is 0.490 e. The summed E-state index contributed by atoms with van der Waals surface area (Å²) in [6.45, 7) is 5.32. The lowest BCUT2D eigenvalue weighted by molar-refractivity contribution is -0.163. The number of alkyl carbamates (subject to hydrolysis) is 1. The Morgan fingerprint density at radius 2 is 1.50 bits per heavy atom. The van der Waals surface area contributed by atoms with Crippen LogP contribution in [0.1, 0.15) is 56.4 Å². The Kier molecular flexibility index (Phi) is 10.2. The van der Waals surface area contributed by atoms with Gasteiger partial charge in [0.25, 0.3) is 0 Å². The molecular formula is C32H38N4O6. The molecule has 0 unspecified atom stereocenters. The number of carbonyl (C=O) groups excluding carboxylic acids is 2. The fourth-order valence-electron chi connectivity index (χ4n) is 4.39. The van der Waals surface area contributed by atoms with Gasteiger partial charge in [0.05, 0.1) is 6.04 Å². The quantitative estimate of drug-likeness (QED) is 0.132. The summed E-state index contributed by atoms with van der Waals surface area (Å²) >= 11 is 0. The molecule has 1 aliphatic carbocycles. The number of ether oxygens (including phenoxy) is 3. The third-order valence-corrected chi connectivity index (χ3v) is 6.57. The van der Waals surface area contributed by atoms with Crippen molar-refractivity contribution in [2.24, 2.45) is 16.6 Å². The van der Waals surface area contributed by atoms with Gasteiger partial charge in [0.15, 0.2) is 6.10 Å². The van der Waals surface area contributed by atoms with Gasteiger partial charge in [-0.15, -0.1) is 0 Å². The molecule has 4 rings (SSSR count). The lowest BCUT2D eigenvalue weighted by Gasteiger charge is -2.34. The molecule has 1 amide bonds. The Morgan fingerprint density at radius 1 is 0.929 bits per heavy atom. The molecule has 0 heterocycles. The first-order chi connectivity index (χ1) is 20.1. The van der Waals surface area contributed by atoms with Gasteiger partial charge in [-0.05, 0) is 69.0 Å². The maximum Gasteiger partial charge on any atom is 0.407 e. The lowest BCUT2D eigenvalue weighted by atomic mass is 9.87. The number of amidine groups is 1. The van der Waals surface area contributed by atoms with Crippen LogP contribution in [0.25, 0.3) is 0 Å². The number of amides is 1. The molecule has 10 nitrogen and oxygen atoms in total. The fourth-order valence-corrected chi connectivity index (χ4v) is 4.39. The van der Waals surface area contributed by atoms with Crippen molar-refractivity contribution in [2.75, 3.05) is 6.61 Å². The minimum atomic E-state index is -1.15. The van der Waals surface area contributed by atoms with Gasteiger partial charge in [0, 0.05) is 11.6 Å². The highest BCUT2D eigenvalue weighted by Gasteiger charge is 2.32. The van der Waals surface area contributed by atoms with Crippen LogP contribution in [0.2, 0.25) is 0 Å². The van der Waals surface area contributed by atoms with Gasteiger partial charge in [-0.2, -0.15) is 0 Å². The van der Waals surface area contributed by atoms with Gasteiger partial charge < -0.3 is 25.3 Å². The number of hydrogen-bond donors (Lipinski definition) is 3. The van der Waals surface area contributed by atoms with Gasteiger partial charge in [0.2, 0.25) is 6.10 Å². The monoisotopic (exact) mass is 574 g/mol. The molecule has 3 aromatic rings. The lowest BCUT2D eigenvalue weighted by Crippen LogP contribution is -2.48. The first kappa shape index (κ1) is 30.5. The first-order valence-electron chi connectivity index (χ1n) is 13.8. The van der Waals surface area contributed by atoms with Gasteiger partial charge in [-0.25, -0.2) is 15.5 Å². The van der Waals surface area contributed by atoms with Crippen LogP contribution in [0.4, 0.5) is 4.79 Å². The summed E-state index contributed by atoms with van der Waals surface area (Å²) in [5.41, 5.74) is 8.04. The first-order valence-corrected chi connectivity index (χ1v) is 13.8. The van der Waals surface area contributed by atoms with Crippen molar-refractivity contribution in [3.05, 3.63) is 102 Å². The van der Waals surface area contributed by atoms with Gasteiger partial charge >= 0.3 is 12.1 Å². The number of hydrogen-bond acceptors (Lipinski definition) is 8. The summed E-state index contributed by atoms with van der Waals surface area (Å²) in [5.74, 6) is 5.68. The minimum absolute atomic E-state index is 0.0113. The topological polar surface area (TPSA) is 147 Å². The summed E-state index contributed by atoms with van der Waals surface area (Å²) in [7, 11) is 0. The molecule has 3 aromatic carbocycles. The second-order valence-electron chi connectivity index (χ2n) is 11.1. The second-order valence-corrected chi connectivity index (χ2v) is 11.1. The standard InChI is InChI=1S/C32H38N4O6/c1-32(2,3)41-31(38)36-25-18-24(19-25)35-29(33)23-14-16-26(17-15-23)39-20-27(42-34)30(37)40-28(21-10-6-4-7-11-21)22-12-8-5-9-13-22/h4-17,24-25,27-28H,18-20,34H2,1-3H3,(H2,33,35)(H,36,38)/t24?,25?,27-/m0/s1. The molecule has 5 N–H and O–H groups in total. The highest BCUT2D eigenvalue weighted by Crippen LogP contribution is 2.27. The van der Waals surface area contributed by atoms with E-state index in [9.17, 15) is 9.59 Å². The van der Waals surface area contributed by atoms with Crippen LogP contribution in [0.3, 0.4) is 0 Å². The number of esters is 1. The fraction of sp³-hybridized carbons (Fsp3) is 0.344. The zero-order chi connectivity index (χ0) is 30.1. The number of nitrogens with zero attached hydrogens (tertiary/aromatic N) is 1. The number of carbonyl (C=O) groups is 2. The van der Waals surface area contributed by atoms with Crippen LogP contribution >= 0.6 is 0 Å². The van der Waals surface area contributed by atoms with E-state index in [1.165, 1.54) is 0 Å². The van der Waals surface area contributed by atoms with Crippen molar-refractivity contribution in [3.8, 4) is 5.75 Å². The summed E-state index contributed by atoms with van der Waals surface area (Å²) < 4.78 is 16.9. The highest BCUT2D eigenvalue weighted by molar-refractivity contribution is 5.97. The maximum atomic E-state index is 13.0. The predicted molar refractivity (Wildman–Crippen MR) is 159 cm³/mol. The molecule has 1 saturated carbocycles. The molecule has 10 heteroatoms. The molecule has 1 atom stereocenters. The third kappa shape index (κ3) is 8.79. The van der Waals surface area contributed by atoms with E-state index in [4.69, 9.17) is 30.7 Å². The van der Waals surface area contributed by atoms with E-state index < -0.39 is 29.9 Å². The predicted octanol–water partition coefficient (Wildman–Crippen LogP) is 4.42. The van der Waals surface area contributed by atoms with E-state index in [0.717, 1.165) is 16.7 Å². The number of rotatable bonds is 11. The van der Waals surface area contributed by atoms with Crippen molar-refractivity contribution in [1.82, 2.24) is 5.32 Å². The van der Waals surface area contributed by atoms with Crippen LogP contribution in [0.5, 0.6) is 5.75 Å².